The van der Waals surface area contributed by atoms with Crippen LogP contribution in [0.5, 0.6) is 11.5 Å². The van der Waals surface area contributed by atoms with Gasteiger partial charge in [0, 0.05) is 5.56 Å². The van der Waals surface area contributed by atoms with E-state index in [-0.39, 0.29) is 12.7 Å². The first-order valence-corrected chi connectivity index (χ1v) is 8.00. The van der Waals surface area contributed by atoms with Crippen molar-refractivity contribution in [1.29, 1.82) is 0 Å². The number of carbonyl (C=O) groups is 2. The van der Waals surface area contributed by atoms with Crippen LogP contribution in [0.25, 0.3) is 0 Å². The van der Waals surface area contributed by atoms with Crippen LogP contribution in [0.2, 0.25) is 0 Å². The second-order valence-corrected chi connectivity index (χ2v) is 5.75. The normalized spacial score (nSPS) is 10.2. The van der Waals surface area contributed by atoms with Crippen molar-refractivity contribution in [3.8, 4) is 11.5 Å². The summed E-state index contributed by atoms with van der Waals surface area (Å²) in [4.78, 5) is 23.9. The first-order chi connectivity index (χ1) is 12.0. The van der Waals surface area contributed by atoms with E-state index < -0.39 is 11.8 Å². The number of rotatable bonds is 6. The van der Waals surface area contributed by atoms with Gasteiger partial charge in [-0.05, 0) is 50.6 Å². The van der Waals surface area contributed by atoms with Gasteiger partial charge in [0.15, 0.2) is 6.61 Å². The van der Waals surface area contributed by atoms with Crippen molar-refractivity contribution >= 4 is 11.8 Å². The Morgan fingerprint density at radius 3 is 2.52 bits per heavy atom. The predicted octanol–water partition coefficient (Wildman–Crippen LogP) is 2.62. The molecule has 0 atom stereocenters. The maximum absolute atomic E-state index is 12.1. The van der Waals surface area contributed by atoms with Gasteiger partial charge < -0.3 is 9.47 Å². The molecule has 0 spiro atoms. The van der Waals surface area contributed by atoms with E-state index in [9.17, 15) is 9.59 Å². The van der Waals surface area contributed by atoms with E-state index in [2.05, 4.69) is 10.9 Å². The van der Waals surface area contributed by atoms with Gasteiger partial charge in [-0.2, -0.15) is 0 Å². The van der Waals surface area contributed by atoms with Gasteiger partial charge in [0.2, 0.25) is 0 Å². The maximum atomic E-state index is 12.1. The Morgan fingerprint density at radius 1 is 1.04 bits per heavy atom. The van der Waals surface area contributed by atoms with Crippen LogP contribution in [0.4, 0.5) is 0 Å². The van der Waals surface area contributed by atoms with Crippen molar-refractivity contribution in [3.63, 3.8) is 0 Å². The summed E-state index contributed by atoms with van der Waals surface area (Å²) in [6.45, 7) is 5.51. The molecule has 2 N–H and O–H groups in total. The van der Waals surface area contributed by atoms with E-state index >= 15 is 0 Å². The fraction of sp³-hybridized carbons (Fsp3) is 0.263. The van der Waals surface area contributed by atoms with Crippen LogP contribution in [0.3, 0.4) is 0 Å². The highest BCUT2D eigenvalue weighted by molar-refractivity contribution is 5.95. The highest BCUT2D eigenvalue weighted by atomic mass is 16.5. The monoisotopic (exact) mass is 342 g/mol. The molecule has 0 aliphatic heterocycles. The molecule has 0 aliphatic carbocycles. The average Bonchev–Trinajstić information content (AvgIpc) is 2.58. The van der Waals surface area contributed by atoms with Gasteiger partial charge in [-0.3, -0.25) is 20.4 Å². The molecule has 2 rings (SSSR count). The topological polar surface area (TPSA) is 76.7 Å². The molecule has 0 aromatic heterocycles. The maximum Gasteiger partial charge on any atom is 0.276 e. The molecular formula is C19H22N2O4. The van der Waals surface area contributed by atoms with E-state index in [1.807, 2.05) is 39.0 Å². The average molecular weight is 342 g/mol. The lowest BCUT2D eigenvalue weighted by atomic mass is 10.2. The molecule has 25 heavy (non-hydrogen) atoms. The smallest absolute Gasteiger partial charge is 0.276 e. The number of amides is 2. The van der Waals surface area contributed by atoms with E-state index in [1.54, 1.807) is 30.3 Å². The SMILES string of the molecule is Cc1ccccc1OCC(=O)NNC(=O)c1cccc(OC(C)C)c1. The van der Waals surface area contributed by atoms with E-state index in [0.717, 1.165) is 5.56 Å². The lowest BCUT2D eigenvalue weighted by Crippen LogP contribution is -2.43. The molecule has 2 amide bonds. The number of carbonyl (C=O) groups excluding carboxylic acids is 2. The number of hydrogen-bond acceptors (Lipinski definition) is 4. The zero-order chi connectivity index (χ0) is 18.2. The van der Waals surface area contributed by atoms with Crippen molar-refractivity contribution in [2.45, 2.75) is 26.9 Å². The summed E-state index contributed by atoms with van der Waals surface area (Å²) in [5, 5.41) is 0. The lowest BCUT2D eigenvalue weighted by Gasteiger charge is -2.12. The van der Waals surface area contributed by atoms with Gasteiger partial charge in [0.1, 0.15) is 11.5 Å². The molecule has 0 aliphatic rings. The fourth-order valence-corrected chi connectivity index (χ4v) is 2.08. The van der Waals surface area contributed by atoms with Crippen LogP contribution in [-0.2, 0) is 4.79 Å². The fourth-order valence-electron chi connectivity index (χ4n) is 2.08. The Morgan fingerprint density at radius 2 is 1.80 bits per heavy atom. The van der Waals surface area contributed by atoms with Crippen LogP contribution in [0.15, 0.2) is 48.5 Å². The molecule has 6 nitrogen and oxygen atoms in total. The summed E-state index contributed by atoms with van der Waals surface area (Å²) < 4.78 is 11.0. The summed E-state index contributed by atoms with van der Waals surface area (Å²) >= 11 is 0. The summed E-state index contributed by atoms with van der Waals surface area (Å²) in [6.07, 6.45) is 0.0107. The second-order valence-electron chi connectivity index (χ2n) is 5.75. The van der Waals surface area contributed by atoms with Crippen LogP contribution < -0.4 is 20.3 Å². The Kier molecular flexibility index (Phi) is 6.39. The predicted molar refractivity (Wildman–Crippen MR) is 94.5 cm³/mol. The first kappa shape index (κ1) is 18.3. The van der Waals surface area contributed by atoms with Gasteiger partial charge in [-0.15, -0.1) is 0 Å². The van der Waals surface area contributed by atoms with E-state index in [4.69, 9.17) is 9.47 Å². The molecule has 2 aromatic carbocycles. The zero-order valence-electron chi connectivity index (χ0n) is 14.5. The lowest BCUT2D eigenvalue weighted by molar-refractivity contribution is -0.123. The molecule has 0 unspecified atom stereocenters. The van der Waals surface area contributed by atoms with Gasteiger partial charge >= 0.3 is 0 Å². The molecule has 2 aromatic rings. The van der Waals surface area contributed by atoms with Gasteiger partial charge in [-0.25, -0.2) is 0 Å². The third-order valence-electron chi connectivity index (χ3n) is 3.24. The molecule has 0 fully saturated rings. The number of aryl methyl sites for hydroxylation is 1. The number of ether oxygens (including phenoxy) is 2. The molecule has 132 valence electrons. The number of hydrazine groups is 1. The first-order valence-electron chi connectivity index (χ1n) is 8.00. The highest BCUT2D eigenvalue weighted by Crippen LogP contribution is 2.16. The minimum atomic E-state index is -0.453. The van der Waals surface area contributed by atoms with Crippen molar-refractivity contribution in [2.75, 3.05) is 6.61 Å². The van der Waals surface area contributed by atoms with Crippen molar-refractivity contribution in [1.82, 2.24) is 10.9 Å². The van der Waals surface area contributed by atoms with Crippen LogP contribution in [-0.4, -0.2) is 24.5 Å². The van der Waals surface area contributed by atoms with Crippen LogP contribution in [0.1, 0.15) is 29.8 Å². The number of benzene rings is 2. The standard InChI is InChI=1S/C19H22N2O4/c1-13(2)25-16-9-6-8-15(11-16)19(23)21-20-18(22)12-24-17-10-5-4-7-14(17)3/h4-11,13H,12H2,1-3H3,(H,20,22)(H,21,23). The summed E-state index contributed by atoms with van der Waals surface area (Å²) in [5.41, 5.74) is 6.00. The third kappa shape index (κ3) is 5.84. The molecule has 0 saturated heterocycles. The Balaban J connectivity index is 1.83. The third-order valence-corrected chi connectivity index (χ3v) is 3.24. The van der Waals surface area contributed by atoms with Crippen molar-refractivity contribution in [2.24, 2.45) is 0 Å². The quantitative estimate of drug-likeness (QED) is 0.791. The van der Waals surface area contributed by atoms with Gasteiger partial charge in [-0.1, -0.05) is 24.3 Å². The molecule has 0 bridgehead atoms. The van der Waals surface area contributed by atoms with Gasteiger partial charge in [0.05, 0.1) is 6.10 Å². The molecule has 0 saturated carbocycles. The Bertz CT molecular complexity index is 744. The summed E-state index contributed by atoms with van der Waals surface area (Å²) in [6, 6.07) is 14.1. The molecule has 0 heterocycles. The second kappa shape index (κ2) is 8.73. The Labute approximate surface area is 147 Å². The Hall–Kier alpha value is -3.02. The molecule has 6 heteroatoms. The highest BCUT2D eigenvalue weighted by Gasteiger charge is 2.10. The molecule has 0 radical (unpaired) electrons. The molecular weight excluding hydrogens is 320 g/mol. The van der Waals surface area contributed by atoms with Crippen LogP contribution >= 0.6 is 0 Å². The minimum absolute atomic E-state index is 0.0107. The van der Waals surface area contributed by atoms with Gasteiger partial charge in [0.25, 0.3) is 11.8 Å². The minimum Gasteiger partial charge on any atom is -0.491 e. The zero-order valence-corrected chi connectivity index (χ0v) is 14.5. The number of para-hydroxylation sites is 1. The van der Waals surface area contributed by atoms with Crippen molar-refractivity contribution < 1.29 is 19.1 Å². The van der Waals surface area contributed by atoms with Crippen LogP contribution in [0, 0.1) is 6.92 Å². The van der Waals surface area contributed by atoms with E-state index in [0.29, 0.717) is 17.1 Å². The number of hydrogen-bond donors (Lipinski definition) is 2. The summed E-state index contributed by atoms with van der Waals surface area (Å²) in [7, 11) is 0. The van der Waals surface area contributed by atoms with E-state index in [1.165, 1.54) is 0 Å². The number of nitrogens with one attached hydrogen (secondary N) is 2. The largest absolute Gasteiger partial charge is 0.491 e. The van der Waals surface area contributed by atoms with Crippen molar-refractivity contribution in [3.05, 3.63) is 59.7 Å². The summed E-state index contributed by atoms with van der Waals surface area (Å²) in [5.74, 6) is 0.337.